The molecule has 1 N–H and O–H groups in total. The van der Waals surface area contributed by atoms with E-state index in [1.807, 2.05) is 13.8 Å². The van der Waals surface area contributed by atoms with E-state index in [0.29, 0.717) is 5.56 Å². The monoisotopic (exact) mass is 291 g/mol. The number of halogens is 4. The average molecular weight is 291 g/mol. The molecule has 2 unspecified atom stereocenters. The van der Waals surface area contributed by atoms with Crippen LogP contribution in [0, 0.1) is 11.7 Å². The van der Waals surface area contributed by atoms with Gasteiger partial charge in [0.2, 0.25) is 0 Å². The summed E-state index contributed by atoms with van der Waals surface area (Å²) in [7, 11) is 0. The van der Waals surface area contributed by atoms with Crippen LogP contribution in [0.25, 0.3) is 0 Å². The van der Waals surface area contributed by atoms with Crippen LogP contribution in [0.5, 0.6) is 0 Å². The zero-order valence-corrected chi connectivity index (χ0v) is 12.0. The Hall–Kier alpha value is -1.10. The zero-order valence-electron chi connectivity index (χ0n) is 12.0. The van der Waals surface area contributed by atoms with Gasteiger partial charge in [-0.25, -0.2) is 4.39 Å². The molecule has 2 atom stereocenters. The van der Waals surface area contributed by atoms with Gasteiger partial charge in [-0.1, -0.05) is 26.8 Å². The summed E-state index contributed by atoms with van der Waals surface area (Å²) in [6.45, 7) is 7.63. The predicted molar refractivity (Wildman–Crippen MR) is 72.1 cm³/mol. The molecule has 0 aliphatic heterocycles. The Labute approximate surface area is 117 Å². The van der Waals surface area contributed by atoms with Crippen LogP contribution >= 0.6 is 0 Å². The third kappa shape index (κ3) is 4.47. The lowest BCUT2D eigenvalue weighted by molar-refractivity contribution is -0.140. The van der Waals surface area contributed by atoms with E-state index in [-0.39, 0.29) is 11.8 Å². The first-order chi connectivity index (χ1) is 9.27. The number of benzene rings is 1. The highest BCUT2D eigenvalue weighted by Crippen LogP contribution is 2.33. The molecule has 1 aromatic carbocycles. The van der Waals surface area contributed by atoms with Crippen LogP contribution in [0.4, 0.5) is 17.6 Å². The van der Waals surface area contributed by atoms with E-state index in [1.54, 1.807) is 0 Å². The molecule has 0 aliphatic rings. The predicted octanol–water partition coefficient (Wildman–Crippen LogP) is 4.58. The van der Waals surface area contributed by atoms with Crippen molar-refractivity contribution >= 4 is 0 Å². The highest BCUT2D eigenvalue weighted by molar-refractivity contribution is 5.28. The largest absolute Gasteiger partial charge is 0.419 e. The van der Waals surface area contributed by atoms with Crippen molar-refractivity contribution in [3.8, 4) is 0 Å². The van der Waals surface area contributed by atoms with Gasteiger partial charge in [0, 0.05) is 0 Å². The van der Waals surface area contributed by atoms with E-state index in [9.17, 15) is 17.6 Å². The molecule has 0 fully saturated rings. The van der Waals surface area contributed by atoms with E-state index < -0.39 is 17.6 Å². The lowest BCUT2D eigenvalue weighted by Gasteiger charge is -2.21. The fourth-order valence-corrected chi connectivity index (χ4v) is 2.06. The van der Waals surface area contributed by atoms with Gasteiger partial charge in [0.05, 0.1) is 5.56 Å². The maximum atomic E-state index is 13.5. The first-order valence-corrected chi connectivity index (χ1v) is 6.84. The second kappa shape index (κ2) is 7.07. The summed E-state index contributed by atoms with van der Waals surface area (Å²) in [5.74, 6) is -0.982. The summed E-state index contributed by atoms with van der Waals surface area (Å²) in [6, 6.07) is 3.20. The number of hydrogen-bond donors (Lipinski definition) is 1. The van der Waals surface area contributed by atoms with Gasteiger partial charge < -0.3 is 5.32 Å². The Morgan fingerprint density at radius 3 is 2.35 bits per heavy atom. The molecule has 0 aliphatic carbocycles. The van der Waals surface area contributed by atoms with Gasteiger partial charge in [-0.15, -0.1) is 0 Å². The summed E-state index contributed by atoms with van der Waals surface area (Å²) in [4.78, 5) is 0. The van der Waals surface area contributed by atoms with E-state index in [1.165, 1.54) is 6.07 Å². The smallest absolute Gasteiger partial charge is 0.316 e. The number of nitrogens with one attached hydrogen (secondary N) is 1. The number of rotatable bonds is 6. The molecule has 1 aromatic rings. The molecule has 0 heterocycles. The van der Waals surface area contributed by atoms with Crippen molar-refractivity contribution in [2.45, 2.75) is 39.3 Å². The Morgan fingerprint density at radius 2 is 1.85 bits per heavy atom. The molecule has 0 radical (unpaired) electrons. The molecule has 0 bridgehead atoms. The van der Waals surface area contributed by atoms with Crippen molar-refractivity contribution in [3.63, 3.8) is 0 Å². The van der Waals surface area contributed by atoms with Crippen LogP contribution in [-0.4, -0.2) is 13.1 Å². The molecule has 0 amide bonds. The lowest BCUT2D eigenvalue weighted by Crippen LogP contribution is -2.25. The second-order valence-corrected chi connectivity index (χ2v) is 5.21. The Balaban J connectivity index is 2.79. The third-order valence-corrected chi connectivity index (χ3v) is 3.57. The van der Waals surface area contributed by atoms with Gasteiger partial charge in [0.15, 0.2) is 0 Å². The standard InChI is InChI=1S/C15H21F4N/c1-4-7-20-9-10(2)11(3)12-5-6-13(14(16)8-12)15(17,18)19/h5-6,8,10-11,20H,4,7,9H2,1-3H3. The lowest BCUT2D eigenvalue weighted by atomic mass is 9.88. The fourth-order valence-electron chi connectivity index (χ4n) is 2.06. The molecule has 20 heavy (non-hydrogen) atoms. The minimum atomic E-state index is -4.64. The highest BCUT2D eigenvalue weighted by Gasteiger charge is 2.34. The van der Waals surface area contributed by atoms with Gasteiger partial charge in [-0.05, 0) is 49.0 Å². The van der Waals surface area contributed by atoms with Crippen molar-refractivity contribution in [2.24, 2.45) is 5.92 Å². The van der Waals surface area contributed by atoms with Crippen LogP contribution in [-0.2, 0) is 6.18 Å². The van der Waals surface area contributed by atoms with Crippen molar-refractivity contribution in [1.29, 1.82) is 0 Å². The summed E-state index contributed by atoms with van der Waals surface area (Å²) < 4.78 is 51.0. The van der Waals surface area contributed by atoms with Crippen LogP contribution in [0.1, 0.15) is 44.2 Å². The van der Waals surface area contributed by atoms with Crippen molar-refractivity contribution in [3.05, 3.63) is 35.1 Å². The van der Waals surface area contributed by atoms with Crippen molar-refractivity contribution in [1.82, 2.24) is 5.32 Å². The van der Waals surface area contributed by atoms with E-state index in [0.717, 1.165) is 31.6 Å². The Bertz CT molecular complexity index is 428. The fraction of sp³-hybridized carbons (Fsp3) is 0.600. The summed E-state index contributed by atoms with van der Waals surface area (Å²) in [5, 5.41) is 3.26. The van der Waals surface area contributed by atoms with Gasteiger partial charge in [0.1, 0.15) is 5.82 Å². The molecule has 5 heteroatoms. The van der Waals surface area contributed by atoms with Gasteiger partial charge in [-0.2, -0.15) is 13.2 Å². The minimum Gasteiger partial charge on any atom is -0.316 e. The molecular weight excluding hydrogens is 270 g/mol. The normalized spacial score (nSPS) is 15.2. The topological polar surface area (TPSA) is 12.0 Å². The van der Waals surface area contributed by atoms with Crippen molar-refractivity contribution < 1.29 is 17.6 Å². The second-order valence-electron chi connectivity index (χ2n) is 5.21. The maximum absolute atomic E-state index is 13.5. The van der Waals surface area contributed by atoms with Crippen molar-refractivity contribution in [2.75, 3.05) is 13.1 Å². The first-order valence-electron chi connectivity index (χ1n) is 6.84. The van der Waals surface area contributed by atoms with Crippen LogP contribution in [0.3, 0.4) is 0 Å². The Kier molecular flexibility index (Phi) is 5.99. The van der Waals surface area contributed by atoms with Gasteiger partial charge in [-0.3, -0.25) is 0 Å². The van der Waals surface area contributed by atoms with E-state index in [4.69, 9.17) is 0 Å². The van der Waals surface area contributed by atoms with Crippen LogP contribution in [0.2, 0.25) is 0 Å². The molecular formula is C15H21F4N. The van der Waals surface area contributed by atoms with E-state index >= 15 is 0 Å². The molecule has 114 valence electrons. The minimum absolute atomic E-state index is 0.00357. The molecule has 0 aromatic heterocycles. The van der Waals surface area contributed by atoms with Gasteiger partial charge >= 0.3 is 6.18 Å². The highest BCUT2D eigenvalue weighted by atomic mass is 19.4. The summed E-state index contributed by atoms with van der Waals surface area (Å²) in [5.41, 5.74) is -0.605. The van der Waals surface area contributed by atoms with Crippen LogP contribution < -0.4 is 5.32 Å². The number of alkyl halides is 3. The molecule has 1 rings (SSSR count). The summed E-state index contributed by atoms with van der Waals surface area (Å²) in [6.07, 6.45) is -3.61. The quantitative estimate of drug-likeness (QED) is 0.597. The molecule has 1 nitrogen and oxygen atoms in total. The third-order valence-electron chi connectivity index (χ3n) is 3.57. The molecule has 0 saturated carbocycles. The van der Waals surface area contributed by atoms with Gasteiger partial charge in [0.25, 0.3) is 0 Å². The zero-order chi connectivity index (χ0) is 15.3. The maximum Gasteiger partial charge on any atom is 0.419 e. The summed E-state index contributed by atoms with van der Waals surface area (Å²) >= 11 is 0. The van der Waals surface area contributed by atoms with Crippen LogP contribution in [0.15, 0.2) is 18.2 Å². The average Bonchev–Trinajstić information content (AvgIpc) is 2.36. The molecule has 0 spiro atoms. The SMILES string of the molecule is CCCNCC(C)C(C)c1ccc(C(F)(F)F)c(F)c1. The first kappa shape index (κ1) is 17.0. The van der Waals surface area contributed by atoms with E-state index in [2.05, 4.69) is 12.2 Å². The Morgan fingerprint density at radius 1 is 1.20 bits per heavy atom. The molecule has 0 saturated heterocycles. The number of hydrogen-bond acceptors (Lipinski definition) is 1.